The minimum atomic E-state index is -1.82. The van der Waals surface area contributed by atoms with E-state index in [0.29, 0.717) is 6.54 Å². The third kappa shape index (κ3) is 5.45. The maximum atomic E-state index is 13.2. The number of benzene rings is 3. The standard InChI is InChI=1S/C22H20FN3O.C2H2O4/c1-26-20(15-7-10-17(23)11-8-15)14-25-22(26)24-13-16-9-12-21(27-2)19-6-4-3-5-18(16)19;3-1(4)2(5)6/h3-12,14H,13H2,1-2H3,(H,24,25);(H,3,4)(H,5,6). The highest BCUT2D eigenvalue weighted by molar-refractivity contribution is 6.27. The van der Waals surface area contributed by atoms with Crippen LogP contribution in [0.15, 0.2) is 66.9 Å². The van der Waals surface area contributed by atoms with E-state index in [9.17, 15) is 4.39 Å². The molecule has 0 amide bonds. The lowest BCUT2D eigenvalue weighted by Crippen LogP contribution is -2.09. The molecule has 3 aromatic carbocycles. The highest BCUT2D eigenvalue weighted by Crippen LogP contribution is 2.29. The second-order valence-electron chi connectivity index (χ2n) is 6.97. The molecular formula is C24H22FN3O5. The van der Waals surface area contributed by atoms with E-state index in [1.165, 1.54) is 12.1 Å². The van der Waals surface area contributed by atoms with Crippen LogP contribution < -0.4 is 10.1 Å². The minimum absolute atomic E-state index is 0.245. The topological polar surface area (TPSA) is 114 Å². The van der Waals surface area contributed by atoms with Gasteiger partial charge in [0.2, 0.25) is 5.95 Å². The number of methoxy groups -OCH3 is 1. The molecule has 0 spiro atoms. The molecule has 0 saturated carbocycles. The second-order valence-corrected chi connectivity index (χ2v) is 6.97. The third-order valence-corrected chi connectivity index (χ3v) is 4.94. The second kappa shape index (κ2) is 10.3. The Hall–Kier alpha value is -4.40. The van der Waals surface area contributed by atoms with Crippen LogP contribution in [0.2, 0.25) is 0 Å². The molecular weight excluding hydrogens is 429 g/mol. The van der Waals surface area contributed by atoms with Crippen LogP contribution in [0.25, 0.3) is 22.0 Å². The zero-order chi connectivity index (χ0) is 24.0. The number of rotatable bonds is 5. The molecule has 0 bridgehead atoms. The molecule has 4 rings (SSSR count). The van der Waals surface area contributed by atoms with Crippen molar-refractivity contribution in [3.8, 4) is 17.0 Å². The van der Waals surface area contributed by atoms with Gasteiger partial charge in [-0.15, -0.1) is 0 Å². The van der Waals surface area contributed by atoms with Crippen LogP contribution in [0.3, 0.4) is 0 Å². The lowest BCUT2D eigenvalue weighted by atomic mass is 10.0. The summed E-state index contributed by atoms with van der Waals surface area (Å²) in [6, 6.07) is 18.7. The number of ether oxygens (including phenoxy) is 1. The normalized spacial score (nSPS) is 10.3. The van der Waals surface area contributed by atoms with Crippen molar-refractivity contribution in [2.45, 2.75) is 6.54 Å². The van der Waals surface area contributed by atoms with Crippen LogP contribution in [0.5, 0.6) is 5.75 Å². The van der Waals surface area contributed by atoms with Gasteiger partial charge in [0.15, 0.2) is 0 Å². The molecule has 0 aliphatic heterocycles. The van der Waals surface area contributed by atoms with Gasteiger partial charge in [-0.3, -0.25) is 0 Å². The molecule has 0 aliphatic rings. The van der Waals surface area contributed by atoms with Gasteiger partial charge in [-0.1, -0.05) is 30.3 Å². The maximum absolute atomic E-state index is 13.2. The summed E-state index contributed by atoms with van der Waals surface area (Å²) in [5.41, 5.74) is 3.02. The van der Waals surface area contributed by atoms with Crippen molar-refractivity contribution in [1.82, 2.24) is 9.55 Å². The van der Waals surface area contributed by atoms with E-state index in [1.807, 2.05) is 29.8 Å². The number of fused-ring (bicyclic) bond motifs is 1. The van der Waals surface area contributed by atoms with Crippen molar-refractivity contribution in [3.63, 3.8) is 0 Å². The van der Waals surface area contributed by atoms with E-state index in [4.69, 9.17) is 24.5 Å². The number of carbonyl (C=O) groups is 2. The minimum Gasteiger partial charge on any atom is -0.496 e. The number of aromatic nitrogens is 2. The molecule has 0 radical (unpaired) electrons. The molecule has 33 heavy (non-hydrogen) atoms. The summed E-state index contributed by atoms with van der Waals surface area (Å²) in [5.74, 6) is -2.27. The molecule has 170 valence electrons. The number of anilines is 1. The zero-order valence-electron chi connectivity index (χ0n) is 17.9. The predicted molar refractivity (Wildman–Crippen MR) is 122 cm³/mol. The zero-order valence-corrected chi connectivity index (χ0v) is 17.9. The van der Waals surface area contributed by atoms with E-state index in [1.54, 1.807) is 25.4 Å². The Bertz CT molecular complexity index is 1270. The Morgan fingerprint density at radius 2 is 1.64 bits per heavy atom. The molecule has 0 unspecified atom stereocenters. The summed E-state index contributed by atoms with van der Waals surface area (Å²) >= 11 is 0. The van der Waals surface area contributed by atoms with Gasteiger partial charge >= 0.3 is 11.9 Å². The highest BCUT2D eigenvalue weighted by atomic mass is 19.1. The molecule has 0 fully saturated rings. The average molecular weight is 451 g/mol. The Morgan fingerprint density at radius 3 is 2.24 bits per heavy atom. The largest absolute Gasteiger partial charge is 0.496 e. The average Bonchev–Trinajstić information content (AvgIpc) is 3.18. The Labute approximate surface area is 188 Å². The summed E-state index contributed by atoms with van der Waals surface area (Å²) in [4.78, 5) is 22.7. The molecule has 9 heteroatoms. The van der Waals surface area contributed by atoms with Crippen molar-refractivity contribution < 1.29 is 28.9 Å². The van der Waals surface area contributed by atoms with Crippen LogP contribution in [0.4, 0.5) is 10.3 Å². The molecule has 8 nitrogen and oxygen atoms in total. The summed E-state index contributed by atoms with van der Waals surface area (Å²) in [7, 11) is 3.63. The first-order valence-corrected chi connectivity index (χ1v) is 9.84. The summed E-state index contributed by atoms with van der Waals surface area (Å²) in [6.07, 6.45) is 1.79. The van der Waals surface area contributed by atoms with Crippen LogP contribution in [0, 0.1) is 5.82 Å². The number of halogens is 1. The molecule has 3 N–H and O–H groups in total. The monoisotopic (exact) mass is 451 g/mol. The van der Waals surface area contributed by atoms with E-state index in [-0.39, 0.29) is 5.82 Å². The summed E-state index contributed by atoms with van der Waals surface area (Å²) in [6.45, 7) is 0.637. The van der Waals surface area contributed by atoms with Crippen LogP contribution in [-0.2, 0) is 23.2 Å². The fraction of sp³-hybridized carbons (Fsp3) is 0.125. The van der Waals surface area contributed by atoms with Gasteiger partial charge in [0.05, 0.1) is 19.0 Å². The quantitative estimate of drug-likeness (QED) is 0.391. The number of aliphatic carboxylic acids is 2. The number of nitrogens with zero attached hydrogens (tertiary/aromatic N) is 2. The molecule has 0 saturated heterocycles. The fourth-order valence-corrected chi connectivity index (χ4v) is 3.30. The molecule has 0 aliphatic carbocycles. The van der Waals surface area contributed by atoms with Crippen LogP contribution >= 0.6 is 0 Å². The van der Waals surface area contributed by atoms with E-state index in [2.05, 4.69) is 28.5 Å². The van der Waals surface area contributed by atoms with Crippen molar-refractivity contribution in [1.29, 1.82) is 0 Å². The summed E-state index contributed by atoms with van der Waals surface area (Å²) < 4.78 is 20.6. The molecule has 1 heterocycles. The van der Waals surface area contributed by atoms with Gasteiger partial charge in [-0.2, -0.15) is 0 Å². The number of imidazole rings is 1. The lowest BCUT2D eigenvalue weighted by molar-refractivity contribution is -0.159. The Morgan fingerprint density at radius 1 is 1.00 bits per heavy atom. The van der Waals surface area contributed by atoms with E-state index >= 15 is 0 Å². The van der Waals surface area contributed by atoms with Crippen LogP contribution in [0.1, 0.15) is 5.56 Å². The predicted octanol–water partition coefficient (Wildman–Crippen LogP) is 4.16. The van der Waals surface area contributed by atoms with E-state index < -0.39 is 11.9 Å². The number of carboxylic acid groups (broad SMARTS) is 2. The lowest BCUT2D eigenvalue weighted by Gasteiger charge is -2.12. The first-order valence-electron chi connectivity index (χ1n) is 9.84. The van der Waals surface area contributed by atoms with Gasteiger partial charge in [-0.25, -0.2) is 19.0 Å². The smallest absolute Gasteiger partial charge is 0.414 e. The van der Waals surface area contributed by atoms with Gasteiger partial charge in [0.25, 0.3) is 0 Å². The van der Waals surface area contributed by atoms with Crippen molar-refractivity contribution in [2.24, 2.45) is 7.05 Å². The van der Waals surface area contributed by atoms with Gasteiger partial charge in [0, 0.05) is 24.5 Å². The van der Waals surface area contributed by atoms with Crippen molar-refractivity contribution >= 4 is 28.7 Å². The first kappa shape index (κ1) is 23.3. The Balaban J connectivity index is 0.000000454. The Kier molecular flexibility index (Phi) is 7.24. The molecule has 1 aromatic heterocycles. The first-order chi connectivity index (χ1) is 15.8. The SMILES string of the molecule is COc1ccc(CNc2ncc(-c3ccc(F)cc3)n2C)c2ccccc12.O=C(O)C(=O)O. The summed E-state index contributed by atoms with van der Waals surface area (Å²) in [5, 5.41) is 20.4. The number of carboxylic acids is 2. The third-order valence-electron chi connectivity index (χ3n) is 4.94. The fourth-order valence-electron chi connectivity index (χ4n) is 3.30. The number of hydrogen-bond acceptors (Lipinski definition) is 5. The van der Waals surface area contributed by atoms with Gasteiger partial charge in [-0.05, 0) is 41.3 Å². The van der Waals surface area contributed by atoms with Crippen LogP contribution in [-0.4, -0.2) is 38.8 Å². The highest BCUT2D eigenvalue weighted by Gasteiger charge is 2.10. The number of nitrogens with one attached hydrogen (secondary N) is 1. The van der Waals surface area contributed by atoms with E-state index in [0.717, 1.165) is 39.3 Å². The van der Waals surface area contributed by atoms with Crippen molar-refractivity contribution in [2.75, 3.05) is 12.4 Å². The molecule has 4 aromatic rings. The maximum Gasteiger partial charge on any atom is 0.414 e. The van der Waals surface area contributed by atoms with Gasteiger partial charge < -0.3 is 24.8 Å². The van der Waals surface area contributed by atoms with Gasteiger partial charge in [0.1, 0.15) is 11.6 Å². The molecule has 0 atom stereocenters. The number of hydrogen-bond donors (Lipinski definition) is 3. The van der Waals surface area contributed by atoms with Crippen molar-refractivity contribution in [3.05, 3.63) is 78.2 Å².